The molecule has 3 aromatic rings. The van der Waals surface area contributed by atoms with Gasteiger partial charge in [-0.1, -0.05) is 30.3 Å². The Morgan fingerprint density at radius 2 is 1.75 bits per heavy atom. The highest BCUT2D eigenvalue weighted by atomic mass is 16.5. The Bertz CT molecular complexity index is 837. The number of hydrogen-bond acceptors (Lipinski definition) is 6. The maximum Gasteiger partial charge on any atom is 0.309 e. The van der Waals surface area contributed by atoms with Gasteiger partial charge in [0.1, 0.15) is 11.6 Å². The van der Waals surface area contributed by atoms with Crippen LogP contribution in [0, 0.1) is 0 Å². The second-order valence-corrected chi connectivity index (χ2v) is 5.11. The molecule has 0 amide bonds. The largest absolute Gasteiger partial charge is 0.493 e. The standard InChI is InChI=1S/C18H17N3O3/c19-18-14-8-4-5-9-15(14)20-16(21-18)12-24-17(22)10-11-23-13-6-2-1-3-7-13/h1-9H,10-12H2,(H2,19,20,21). The van der Waals surface area contributed by atoms with Crippen molar-refractivity contribution in [2.45, 2.75) is 13.0 Å². The van der Waals surface area contributed by atoms with Gasteiger partial charge in [0.25, 0.3) is 0 Å². The van der Waals surface area contributed by atoms with Crippen LogP contribution in [0.25, 0.3) is 10.9 Å². The molecule has 0 atom stereocenters. The van der Waals surface area contributed by atoms with Crippen molar-refractivity contribution in [2.75, 3.05) is 12.3 Å². The minimum absolute atomic E-state index is 0.0147. The molecule has 0 aliphatic rings. The normalized spacial score (nSPS) is 10.5. The molecule has 24 heavy (non-hydrogen) atoms. The quantitative estimate of drug-likeness (QED) is 0.702. The molecule has 2 N–H and O–H groups in total. The van der Waals surface area contributed by atoms with E-state index in [2.05, 4.69) is 9.97 Å². The van der Waals surface area contributed by atoms with Gasteiger partial charge >= 0.3 is 5.97 Å². The van der Waals surface area contributed by atoms with E-state index < -0.39 is 0 Å². The zero-order valence-electron chi connectivity index (χ0n) is 13.0. The first-order valence-electron chi connectivity index (χ1n) is 7.57. The minimum atomic E-state index is -0.374. The lowest BCUT2D eigenvalue weighted by Crippen LogP contribution is -2.11. The van der Waals surface area contributed by atoms with Crippen LogP contribution in [0.2, 0.25) is 0 Å². The molecule has 0 radical (unpaired) electrons. The van der Waals surface area contributed by atoms with Crippen molar-refractivity contribution in [1.29, 1.82) is 0 Å². The monoisotopic (exact) mass is 323 g/mol. The third-order valence-corrected chi connectivity index (χ3v) is 3.36. The lowest BCUT2D eigenvalue weighted by atomic mass is 10.2. The van der Waals surface area contributed by atoms with Crippen LogP contribution in [0.1, 0.15) is 12.2 Å². The van der Waals surface area contributed by atoms with Crippen LogP contribution in [0.15, 0.2) is 54.6 Å². The van der Waals surface area contributed by atoms with Gasteiger partial charge in [0.15, 0.2) is 12.4 Å². The van der Waals surface area contributed by atoms with E-state index in [4.69, 9.17) is 15.2 Å². The predicted octanol–water partition coefficient (Wildman–Crippen LogP) is 2.72. The summed E-state index contributed by atoms with van der Waals surface area (Å²) in [5.74, 6) is 1.10. The molecular formula is C18H17N3O3. The number of nitrogens with zero attached hydrogens (tertiary/aromatic N) is 2. The zero-order valence-corrected chi connectivity index (χ0v) is 13.0. The first kappa shape index (κ1) is 15.7. The van der Waals surface area contributed by atoms with Gasteiger partial charge in [-0.2, -0.15) is 0 Å². The summed E-state index contributed by atoms with van der Waals surface area (Å²) in [6, 6.07) is 16.7. The maximum atomic E-state index is 11.8. The fourth-order valence-corrected chi connectivity index (χ4v) is 2.20. The molecule has 1 heterocycles. The SMILES string of the molecule is Nc1nc(COC(=O)CCOc2ccccc2)nc2ccccc12. The number of nitrogen functional groups attached to an aromatic ring is 1. The van der Waals surface area contributed by atoms with Gasteiger partial charge < -0.3 is 15.2 Å². The van der Waals surface area contributed by atoms with E-state index in [1.165, 1.54) is 0 Å². The van der Waals surface area contributed by atoms with Gasteiger partial charge in [-0.15, -0.1) is 0 Å². The van der Waals surface area contributed by atoms with Crippen LogP contribution in [0.5, 0.6) is 5.75 Å². The Morgan fingerprint density at radius 1 is 1.00 bits per heavy atom. The fourth-order valence-electron chi connectivity index (χ4n) is 2.20. The maximum absolute atomic E-state index is 11.8. The summed E-state index contributed by atoms with van der Waals surface area (Å²) in [5.41, 5.74) is 6.62. The Hall–Kier alpha value is -3.15. The predicted molar refractivity (Wildman–Crippen MR) is 90.3 cm³/mol. The Morgan fingerprint density at radius 3 is 2.58 bits per heavy atom. The van der Waals surface area contributed by atoms with Crippen molar-refractivity contribution >= 4 is 22.7 Å². The minimum Gasteiger partial charge on any atom is -0.493 e. The Labute approximate surface area is 139 Å². The zero-order chi connectivity index (χ0) is 16.8. The van der Waals surface area contributed by atoms with Gasteiger partial charge in [-0.25, -0.2) is 9.97 Å². The molecular weight excluding hydrogens is 306 g/mol. The molecule has 1 aromatic heterocycles. The molecule has 0 saturated heterocycles. The molecule has 3 rings (SSSR count). The first-order valence-corrected chi connectivity index (χ1v) is 7.57. The third-order valence-electron chi connectivity index (χ3n) is 3.36. The van der Waals surface area contributed by atoms with Crippen LogP contribution in [-0.4, -0.2) is 22.5 Å². The summed E-state index contributed by atoms with van der Waals surface area (Å²) in [7, 11) is 0. The Balaban J connectivity index is 1.51. The topological polar surface area (TPSA) is 87.3 Å². The summed E-state index contributed by atoms with van der Waals surface area (Å²) in [5, 5.41) is 0.781. The van der Waals surface area contributed by atoms with Crippen LogP contribution in [-0.2, 0) is 16.1 Å². The number of carbonyl (C=O) groups is 1. The summed E-state index contributed by atoms with van der Waals surface area (Å²) in [4.78, 5) is 20.3. The van der Waals surface area contributed by atoms with E-state index in [1.807, 2.05) is 54.6 Å². The number of anilines is 1. The van der Waals surface area contributed by atoms with Crippen molar-refractivity contribution in [3.8, 4) is 5.75 Å². The number of aromatic nitrogens is 2. The van der Waals surface area contributed by atoms with Crippen molar-refractivity contribution in [3.05, 3.63) is 60.4 Å². The molecule has 0 aliphatic heterocycles. The molecule has 0 aliphatic carbocycles. The second-order valence-electron chi connectivity index (χ2n) is 5.11. The van der Waals surface area contributed by atoms with E-state index >= 15 is 0 Å². The summed E-state index contributed by atoms with van der Waals surface area (Å²) >= 11 is 0. The van der Waals surface area contributed by atoms with Crippen molar-refractivity contribution in [2.24, 2.45) is 0 Å². The van der Waals surface area contributed by atoms with Crippen molar-refractivity contribution in [3.63, 3.8) is 0 Å². The Kier molecular flexibility index (Phi) is 4.86. The highest BCUT2D eigenvalue weighted by Gasteiger charge is 2.08. The summed E-state index contributed by atoms with van der Waals surface area (Å²) < 4.78 is 10.6. The molecule has 122 valence electrons. The van der Waals surface area contributed by atoms with Gasteiger partial charge in [0.2, 0.25) is 0 Å². The molecule has 0 unspecified atom stereocenters. The van der Waals surface area contributed by atoms with E-state index in [9.17, 15) is 4.79 Å². The van der Waals surface area contributed by atoms with Crippen LogP contribution < -0.4 is 10.5 Å². The van der Waals surface area contributed by atoms with Gasteiger partial charge in [-0.05, 0) is 24.3 Å². The number of hydrogen-bond donors (Lipinski definition) is 1. The van der Waals surface area contributed by atoms with Crippen LogP contribution >= 0.6 is 0 Å². The average molecular weight is 323 g/mol. The number of ether oxygens (including phenoxy) is 2. The first-order chi connectivity index (χ1) is 11.7. The van der Waals surface area contributed by atoms with E-state index in [1.54, 1.807) is 0 Å². The molecule has 6 heteroatoms. The highest BCUT2D eigenvalue weighted by Crippen LogP contribution is 2.17. The van der Waals surface area contributed by atoms with Crippen LogP contribution in [0.3, 0.4) is 0 Å². The number of benzene rings is 2. The van der Waals surface area contributed by atoms with Gasteiger partial charge in [-0.3, -0.25) is 4.79 Å². The molecule has 0 saturated carbocycles. The number of para-hydroxylation sites is 2. The van der Waals surface area contributed by atoms with Crippen molar-refractivity contribution < 1.29 is 14.3 Å². The van der Waals surface area contributed by atoms with Gasteiger partial charge in [0.05, 0.1) is 18.5 Å². The second kappa shape index (κ2) is 7.41. The number of nitrogens with two attached hydrogens (primary N) is 1. The van der Waals surface area contributed by atoms with E-state index in [0.717, 1.165) is 16.7 Å². The van der Waals surface area contributed by atoms with Crippen LogP contribution in [0.4, 0.5) is 5.82 Å². The highest BCUT2D eigenvalue weighted by molar-refractivity contribution is 5.87. The number of carbonyl (C=O) groups excluding carboxylic acids is 1. The summed E-state index contributed by atoms with van der Waals surface area (Å²) in [6.45, 7) is 0.239. The number of rotatable bonds is 6. The lowest BCUT2D eigenvalue weighted by Gasteiger charge is -2.08. The van der Waals surface area contributed by atoms with Crippen molar-refractivity contribution in [1.82, 2.24) is 9.97 Å². The molecule has 0 bridgehead atoms. The molecule has 2 aromatic carbocycles. The number of fused-ring (bicyclic) bond motifs is 1. The average Bonchev–Trinajstić information content (AvgIpc) is 2.61. The molecule has 0 spiro atoms. The molecule has 0 fully saturated rings. The number of esters is 1. The third kappa shape index (κ3) is 3.98. The van der Waals surface area contributed by atoms with E-state index in [-0.39, 0.29) is 25.6 Å². The summed E-state index contributed by atoms with van der Waals surface area (Å²) in [6.07, 6.45) is 0.151. The molecule has 6 nitrogen and oxygen atoms in total. The fraction of sp³-hybridized carbons (Fsp3) is 0.167. The van der Waals surface area contributed by atoms with Gasteiger partial charge in [0, 0.05) is 5.39 Å². The smallest absolute Gasteiger partial charge is 0.309 e. The van der Waals surface area contributed by atoms with E-state index in [0.29, 0.717) is 11.6 Å². The lowest BCUT2D eigenvalue weighted by molar-refractivity contribution is -0.145.